The molecule has 0 bridgehead atoms. The van der Waals surface area contributed by atoms with Gasteiger partial charge in [0.25, 0.3) is 11.8 Å². The first kappa shape index (κ1) is 19.2. The molecule has 0 saturated carbocycles. The Hall–Kier alpha value is -2.60. The Bertz CT molecular complexity index is 759. The topological polar surface area (TPSA) is 53.1 Å². The van der Waals surface area contributed by atoms with Gasteiger partial charge in [-0.3, -0.25) is 14.5 Å². The van der Waals surface area contributed by atoms with Crippen LogP contribution < -0.4 is 4.74 Å². The van der Waals surface area contributed by atoms with Crippen molar-refractivity contribution in [1.29, 1.82) is 0 Å². The van der Waals surface area contributed by atoms with Crippen molar-refractivity contribution < 1.29 is 14.3 Å². The molecule has 144 valence electrons. The molecule has 2 heterocycles. The predicted molar refractivity (Wildman–Crippen MR) is 105 cm³/mol. The molecule has 0 N–H and O–H groups in total. The molecule has 0 unspecified atom stereocenters. The SMILES string of the molecule is C=CCN1C(=O)C(c2ccc(OC(C)C)cc2)=C(N2CCN(C)CC2)C1=O. The maximum Gasteiger partial charge on any atom is 0.278 e. The zero-order valence-corrected chi connectivity index (χ0v) is 16.3. The molecule has 0 atom stereocenters. The molecule has 6 heteroatoms. The van der Waals surface area contributed by atoms with Crippen LogP contribution in [0, 0.1) is 0 Å². The Kier molecular flexibility index (Phi) is 5.65. The largest absolute Gasteiger partial charge is 0.491 e. The van der Waals surface area contributed by atoms with Crippen molar-refractivity contribution in [3.63, 3.8) is 0 Å². The third-order valence-corrected chi connectivity index (χ3v) is 4.79. The van der Waals surface area contributed by atoms with Crippen LogP contribution >= 0.6 is 0 Å². The average molecular weight is 369 g/mol. The van der Waals surface area contributed by atoms with Crippen LogP contribution in [0.3, 0.4) is 0 Å². The van der Waals surface area contributed by atoms with Crippen LogP contribution in [-0.2, 0) is 9.59 Å². The predicted octanol–water partition coefficient (Wildman–Crippen LogP) is 1.99. The quantitative estimate of drug-likeness (QED) is 0.567. The van der Waals surface area contributed by atoms with Crippen molar-refractivity contribution in [3.8, 4) is 5.75 Å². The van der Waals surface area contributed by atoms with Gasteiger partial charge in [-0.25, -0.2) is 0 Å². The summed E-state index contributed by atoms with van der Waals surface area (Å²) in [7, 11) is 2.06. The fourth-order valence-electron chi connectivity index (χ4n) is 3.41. The van der Waals surface area contributed by atoms with Crippen LogP contribution in [0.15, 0.2) is 42.6 Å². The Morgan fingerprint density at radius 2 is 1.70 bits per heavy atom. The Morgan fingerprint density at radius 3 is 2.26 bits per heavy atom. The van der Waals surface area contributed by atoms with Gasteiger partial charge in [0.2, 0.25) is 0 Å². The van der Waals surface area contributed by atoms with E-state index in [0.717, 1.165) is 37.5 Å². The lowest BCUT2D eigenvalue weighted by Gasteiger charge is -2.34. The first-order valence-electron chi connectivity index (χ1n) is 9.34. The fraction of sp³-hybridized carbons (Fsp3) is 0.429. The lowest BCUT2D eigenvalue weighted by molar-refractivity contribution is -0.137. The standard InChI is InChI=1S/C21H27N3O3/c1-5-10-24-20(25)18(16-6-8-17(9-7-16)27-15(2)3)19(21(24)26)23-13-11-22(4)12-14-23/h5-9,15H,1,10-14H2,2-4H3. The van der Waals surface area contributed by atoms with Crippen LogP contribution in [0.4, 0.5) is 0 Å². The van der Waals surface area contributed by atoms with Crippen LogP contribution in [0.2, 0.25) is 0 Å². The highest BCUT2D eigenvalue weighted by Gasteiger charge is 2.41. The van der Waals surface area contributed by atoms with E-state index < -0.39 is 0 Å². The second-order valence-electron chi connectivity index (χ2n) is 7.21. The van der Waals surface area contributed by atoms with E-state index in [9.17, 15) is 9.59 Å². The fourth-order valence-corrected chi connectivity index (χ4v) is 3.41. The second-order valence-corrected chi connectivity index (χ2v) is 7.21. The summed E-state index contributed by atoms with van der Waals surface area (Å²) >= 11 is 0. The van der Waals surface area contributed by atoms with E-state index in [1.54, 1.807) is 6.08 Å². The van der Waals surface area contributed by atoms with Crippen LogP contribution in [0.5, 0.6) is 5.75 Å². The molecule has 0 radical (unpaired) electrons. The van der Waals surface area contributed by atoms with Crippen molar-refractivity contribution in [1.82, 2.24) is 14.7 Å². The van der Waals surface area contributed by atoms with E-state index in [1.165, 1.54) is 4.90 Å². The minimum absolute atomic E-state index is 0.0775. The number of imide groups is 1. The summed E-state index contributed by atoms with van der Waals surface area (Å²) in [5, 5.41) is 0. The number of likely N-dealkylation sites (N-methyl/N-ethyl adjacent to an activating group) is 1. The van der Waals surface area contributed by atoms with E-state index in [0.29, 0.717) is 11.3 Å². The van der Waals surface area contributed by atoms with Crippen molar-refractivity contribution in [2.24, 2.45) is 0 Å². The Labute approximate surface area is 160 Å². The van der Waals surface area contributed by atoms with Gasteiger partial charge < -0.3 is 14.5 Å². The Morgan fingerprint density at radius 1 is 1.07 bits per heavy atom. The normalized spacial score (nSPS) is 18.7. The first-order valence-corrected chi connectivity index (χ1v) is 9.34. The van der Waals surface area contributed by atoms with Gasteiger partial charge in [-0.05, 0) is 38.6 Å². The minimum atomic E-state index is -0.258. The highest BCUT2D eigenvalue weighted by Crippen LogP contribution is 2.33. The minimum Gasteiger partial charge on any atom is -0.491 e. The number of ether oxygens (including phenoxy) is 1. The van der Waals surface area contributed by atoms with E-state index in [-0.39, 0.29) is 24.5 Å². The summed E-state index contributed by atoms with van der Waals surface area (Å²) in [6, 6.07) is 7.40. The summed E-state index contributed by atoms with van der Waals surface area (Å²) in [4.78, 5) is 31.6. The lowest BCUT2D eigenvalue weighted by Crippen LogP contribution is -2.46. The van der Waals surface area contributed by atoms with Gasteiger partial charge >= 0.3 is 0 Å². The van der Waals surface area contributed by atoms with E-state index >= 15 is 0 Å². The van der Waals surface area contributed by atoms with Gasteiger partial charge in [-0.1, -0.05) is 18.2 Å². The zero-order chi connectivity index (χ0) is 19.6. The smallest absolute Gasteiger partial charge is 0.278 e. The zero-order valence-electron chi connectivity index (χ0n) is 16.3. The molecule has 1 aromatic carbocycles. The molecule has 2 amide bonds. The molecule has 27 heavy (non-hydrogen) atoms. The second kappa shape index (κ2) is 7.96. The first-order chi connectivity index (χ1) is 12.9. The van der Waals surface area contributed by atoms with Gasteiger partial charge in [0.15, 0.2) is 0 Å². The highest BCUT2D eigenvalue weighted by atomic mass is 16.5. The number of rotatable bonds is 6. The Balaban J connectivity index is 1.98. The van der Waals surface area contributed by atoms with Crippen molar-refractivity contribution in [3.05, 3.63) is 48.2 Å². The van der Waals surface area contributed by atoms with Gasteiger partial charge in [-0.15, -0.1) is 6.58 Å². The molecule has 0 spiro atoms. The van der Waals surface area contributed by atoms with E-state index in [1.807, 2.05) is 43.0 Å². The molecule has 3 rings (SSSR count). The van der Waals surface area contributed by atoms with Gasteiger partial charge in [-0.2, -0.15) is 0 Å². The molecular formula is C21H27N3O3. The van der Waals surface area contributed by atoms with Gasteiger partial charge in [0, 0.05) is 32.7 Å². The number of benzene rings is 1. The monoisotopic (exact) mass is 369 g/mol. The summed E-state index contributed by atoms with van der Waals surface area (Å²) < 4.78 is 5.69. The molecule has 2 aliphatic heterocycles. The molecule has 6 nitrogen and oxygen atoms in total. The van der Waals surface area contributed by atoms with Gasteiger partial charge in [0.1, 0.15) is 11.4 Å². The third-order valence-electron chi connectivity index (χ3n) is 4.79. The molecule has 0 aliphatic carbocycles. The maximum atomic E-state index is 13.0. The summed E-state index contributed by atoms with van der Waals surface area (Å²) in [6.07, 6.45) is 1.66. The van der Waals surface area contributed by atoms with Crippen molar-refractivity contribution in [2.75, 3.05) is 39.8 Å². The number of carbonyl (C=O) groups excluding carboxylic acids is 2. The summed E-state index contributed by atoms with van der Waals surface area (Å²) in [5.41, 5.74) is 1.72. The van der Waals surface area contributed by atoms with Crippen LogP contribution in [0.1, 0.15) is 19.4 Å². The van der Waals surface area contributed by atoms with Crippen molar-refractivity contribution >= 4 is 17.4 Å². The lowest BCUT2D eigenvalue weighted by atomic mass is 10.0. The average Bonchev–Trinajstić information content (AvgIpc) is 2.88. The number of amides is 2. The summed E-state index contributed by atoms with van der Waals surface area (Å²) in [5.74, 6) is 0.253. The van der Waals surface area contributed by atoms with Crippen LogP contribution in [0.25, 0.3) is 5.57 Å². The highest BCUT2D eigenvalue weighted by molar-refractivity contribution is 6.35. The van der Waals surface area contributed by atoms with E-state index in [2.05, 4.69) is 18.5 Å². The molecule has 1 aromatic rings. The molecule has 0 aromatic heterocycles. The summed E-state index contributed by atoms with van der Waals surface area (Å²) in [6.45, 7) is 11.0. The van der Waals surface area contributed by atoms with Crippen molar-refractivity contribution in [2.45, 2.75) is 20.0 Å². The molecule has 1 fully saturated rings. The number of piperazine rings is 1. The number of carbonyl (C=O) groups is 2. The molecular weight excluding hydrogens is 342 g/mol. The van der Waals surface area contributed by atoms with E-state index in [4.69, 9.17) is 4.74 Å². The number of hydrogen-bond acceptors (Lipinski definition) is 5. The third kappa shape index (κ3) is 3.90. The number of nitrogens with zero attached hydrogens (tertiary/aromatic N) is 3. The number of hydrogen-bond donors (Lipinski definition) is 0. The molecule has 2 aliphatic rings. The van der Waals surface area contributed by atoms with Gasteiger partial charge in [0.05, 0.1) is 11.7 Å². The molecule has 1 saturated heterocycles. The van der Waals surface area contributed by atoms with Crippen LogP contribution in [-0.4, -0.2) is 72.4 Å². The maximum absolute atomic E-state index is 13.0.